The second-order valence-electron chi connectivity index (χ2n) is 10.2. The molecule has 4 aromatic carbocycles. The van der Waals surface area contributed by atoms with Gasteiger partial charge in [0.2, 0.25) is 17.1 Å². The number of thiophene rings is 1. The summed E-state index contributed by atoms with van der Waals surface area (Å²) in [4.78, 5) is 4.35. The van der Waals surface area contributed by atoms with Crippen molar-refractivity contribution in [2.24, 2.45) is 0 Å². The van der Waals surface area contributed by atoms with E-state index >= 15 is 0 Å². The van der Waals surface area contributed by atoms with Crippen molar-refractivity contribution >= 4 is 70.4 Å². The first kappa shape index (κ1) is 21.2. The summed E-state index contributed by atoms with van der Waals surface area (Å²) in [5, 5.41) is 5.32. The summed E-state index contributed by atoms with van der Waals surface area (Å²) < 4.78 is 7.73. The minimum atomic E-state index is 0.0937. The first-order chi connectivity index (χ1) is 19.4. The highest BCUT2D eigenvalue weighted by atomic mass is 32.1. The molecule has 182 valence electrons. The number of hydrogen-bond acceptors (Lipinski definition) is 2. The lowest BCUT2D eigenvalue weighted by Gasteiger charge is -2.25. The zero-order valence-corrected chi connectivity index (χ0v) is 21.8. The Kier molecular flexibility index (Phi) is 4.26. The van der Waals surface area contributed by atoms with Gasteiger partial charge in [-0.2, -0.15) is 4.58 Å². The molecule has 0 fully saturated rings. The second-order valence-corrected chi connectivity index (χ2v) is 11.3. The minimum absolute atomic E-state index is 0.0937. The Bertz CT molecular complexity index is 2230. The van der Waals surface area contributed by atoms with Crippen LogP contribution >= 0.6 is 11.3 Å². The van der Waals surface area contributed by atoms with E-state index in [9.17, 15) is 0 Å². The molecule has 1 unspecified atom stereocenters. The molecule has 2 aliphatic rings. The van der Waals surface area contributed by atoms with Gasteiger partial charge in [-0.25, -0.2) is 0 Å². The van der Waals surface area contributed by atoms with Crippen molar-refractivity contribution in [3.63, 3.8) is 0 Å². The van der Waals surface area contributed by atoms with Crippen molar-refractivity contribution in [2.75, 3.05) is 0 Å². The molecule has 1 aliphatic carbocycles. The van der Waals surface area contributed by atoms with Crippen molar-refractivity contribution in [1.29, 1.82) is 0 Å². The lowest BCUT2D eigenvalue weighted by Crippen LogP contribution is -2.30. The van der Waals surface area contributed by atoms with Gasteiger partial charge in [0, 0.05) is 73.2 Å². The predicted molar refractivity (Wildman–Crippen MR) is 166 cm³/mol. The molecule has 9 rings (SSSR count). The second kappa shape index (κ2) is 7.85. The van der Waals surface area contributed by atoms with Gasteiger partial charge in [0.15, 0.2) is 0 Å². The minimum Gasteiger partial charge on any atom is -0.317 e. The fourth-order valence-corrected chi connectivity index (χ4v) is 7.68. The standard InChI is InChI=1S/C35H22N3S/c1-4-16-31-27(11-1)33-32(39-31)18-17-26-25-12-6-15-30-34(25)38(35(26)33)29-14-3-2-13-28(29)37(30)24-10-5-8-22(20-24)23-9-7-19-36-21-23/h1-21,29H/q+1. The Morgan fingerprint density at radius 1 is 0.718 bits per heavy atom. The van der Waals surface area contributed by atoms with Crippen LogP contribution in [0.3, 0.4) is 0 Å². The summed E-state index contributed by atoms with van der Waals surface area (Å²) in [7, 11) is 0. The number of rotatable bonds is 2. The number of pyridine rings is 1. The molecule has 0 spiro atoms. The third-order valence-corrected chi connectivity index (χ3v) is 9.29. The molecule has 0 N–H and O–H groups in total. The molecule has 4 heterocycles. The van der Waals surface area contributed by atoms with E-state index in [1.807, 2.05) is 29.8 Å². The summed E-state index contributed by atoms with van der Waals surface area (Å²) in [6.45, 7) is 0. The molecule has 0 saturated heterocycles. The Hall–Kier alpha value is -4.80. The van der Waals surface area contributed by atoms with Gasteiger partial charge in [0.25, 0.3) is 0 Å². The van der Waals surface area contributed by atoms with Gasteiger partial charge >= 0.3 is 0 Å². The van der Waals surface area contributed by atoms with E-state index in [0.29, 0.717) is 0 Å². The van der Waals surface area contributed by atoms with Gasteiger partial charge in [0.1, 0.15) is 11.6 Å². The molecule has 1 aliphatic heterocycles. The topological polar surface area (TPSA) is 20.8 Å². The largest absolute Gasteiger partial charge is 0.317 e. The average Bonchev–Trinajstić information content (AvgIpc) is 3.55. The predicted octanol–water partition coefficient (Wildman–Crippen LogP) is 9.18. The Balaban J connectivity index is 1.41. The molecule has 3 aromatic heterocycles. The van der Waals surface area contributed by atoms with Gasteiger partial charge in [0.05, 0.1) is 5.52 Å². The number of fused-ring (bicyclic) bond motifs is 9. The van der Waals surface area contributed by atoms with E-state index in [-0.39, 0.29) is 6.04 Å². The molecule has 0 saturated carbocycles. The number of hydrogen-bond donors (Lipinski definition) is 0. The molecule has 0 amide bonds. The van der Waals surface area contributed by atoms with Crippen LogP contribution in [0, 0.1) is 0 Å². The Morgan fingerprint density at radius 2 is 1.59 bits per heavy atom. The van der Waals surface area contributed by atoms with Gasteiger partial charge in [-0.15, -0.1) is 11.3 Å². The highest BCUT2D eigenvalue weighted by Crippen LogP contribution is 2.47. The summed E-state index contributed by atoms with van der Waals surface area (Å²) in [5.74, 6) is 0. The van der Waals surface area contributed by atoms with Gasteiger partial charge < -0.3 is 4.57 Å². The molecule has 39 heavy (non-hydrogen) atoms. The van der Waals surface area contributed by atoms with Crippen LogP contribution in [0.15, 0.2) is 128 Å². The van der Waals surface area contributed by atoms with Gasteiger partial charge in [-0.1, -0.05) is 72.8 Å². The zero-order chi connectivity index (χ0) is 25.5. The third kappa shape index (κ3) is 2.87. The van der Waals surface area contributed by atoms with Crippen LogP contribution in [-0.4, -0.2) is 15.3 Å². The first-order valence-electron chi connectivity index (χ1n) is 13.3. The van der Waals surface area contributed by atoms with Crippen molar-refractivity contribution in [3.05, 3.63) is 128 Å². The van der Waals surface area contributed by atoms with E-state index in [4.69, 9.17) is 0 Å². The van der Waals surface area contributed by atoms with E-state index in [1.165, 1.54) is 53.4 Å². The molecule has 0 radical (unpaired) electrons. The number of benzene rings is 4. The zero-order valence-electron chi connectivity index (χ0n) is 21.0. The summed E-state index contributed by atoms with van der Waals surface area (Å²) in [5.41, 5.74) is 8.54. The summed E-state index contributed by atoms with van der Waals surface area (Å²) in [6, 6.07) is 33.3. The Labute approximate surface area is 228 Å². The quantitative estimate of drug-likeness (QED) is 0.210. The number of para-hydroxylation sites is 1. The normalized spacial score (nSPS) is 16.2. The maximum Gasteiger partial charge on any atom is 0.235 e. The Morgan fingerprint density at radius 3 is 2.54 bits per heavy atom. The van der Waals surface area contributed by atoms with E-state index < -0.39 is 0 Å². The smallest absolute Gasteiger partial charge is 0.235 e. The van der Waals surface area contributed by atoms with Gasteiger partial charge in [-0.05, 0) is 23.8 Å². The van der Waals surface area contributed by atoms with Crippen LogP contribution in [0.1, 0.15) is 6.04 Å². The number of aromatic nitrogens is 2. The van der Waals surface area contributed by atoms with Crippen LogP contribution < -0.4 is 4.58 Å². The summed E-state index contributed by atoms with van der Waals surface area (Å²) >= 11 is 1.89. The maximum absolute atomic E-state index is 4.35. The highest BCUT2D eigenvalue weighted by Gasteiger charge is 2.38. The SMILES string of the molecule is C1=CC2=[N+](c3cccc(-c4cccnc4)c3)c3cccc4c5ccc6sc7ccccc7c6c5n(c34)C2C=C1. The highest BCUT2D eigenvalue weighted by molar-refractivity contribution is 7.26. The molecule has 3 nitrogen and oxygen atoms in total. The summed E-state index contributed by atoms with van der Waals surface area (Å²) in [6.07, 6.45) is 12.7. The lowest BCUT2D eigenvalue weighted by atomic mass is 10.0. The van der Waals surface area contributed by atoms with Crippen molar-refractivity contribution in [1.82, 2.24) is 14.1 Å². The van der Waals surface area contributed by atoms with E-state index in [1.54, 1.807) is 0 Å². The van der Waals surface area contributed by atoms with Crippen LogP contribution in [0.25, 0.3) is 53.1 Å². The van der Waals surface area contributed by atoms with Gasteiger partial charge in [-0.3, -0.25) is 4.98 Å². The van der Waals surface area contributed by atoms with Crippen LogP contribution in [0.4, 0.5) is 11.4 Å². The number of allylic oxidation sites excluding steroid dienone is 4. The fourth-order valence-electron chi connectivity index (χ4n) is 6.57. The maximum atomic E-state index is 4.35. The lowest BCUT2D eigenvalue weighted by molar-refractivity contribution is 0.783. The molecule has 7 aromatic rings. The van der Waals surface area contributed by atoms with Crippen LogP contribution in [-0.2, 0) is 0 Å². The molecule has 4 heteroatoms. The molecular formula is C35H22N3S+. The van der Waals surface area contributed by atoms with Crippen molar-refractivity contribution < 1.29 is 0 Å². The molecule has 0 bridgehead atoms. The monoisotopic (exact) mass is 516 g/mol. The van der Waals surface area contributed by atoms with Crippen molar-refractivity contribution in [2.45, 2.75) is 6.04 Å². The first-order valence-corrected chi connectivity index (χ1v) is 14.1. The van der Waals surface area contributed by atoms with E-state index in [0.717, 1.165) is 16.8 Å². The van der Waals surface area contributed by atoms with Crippen LogP contribution in [0.2, 0.25) is 0 Å². The third-order valence-electron chi connectivity index (χ3n) is 8.15. The van der Waals surface area contributed by atoms with Crippen molar-refractivity contribution in [3.8, 4) is 11.1 Å². The molecular weight excluding hydrogens is 494 g/mol. The number of nitrogens with zero attached hydrogens (tertiary/aromatic N) is 3. The fraction of sp³-hybridized carbons (Fsp3) is 0.0286. The molecule has 1 atom stereocenters. The van der Waals surface area contributed by atoms with E-state index in [2.05, 4.69) is 123 Å². The average molecular weight is 517 g/mol. The van der Waals surface area contributed by atoms with Crippen LogP contribution in [0.5, 0.6) is 0 Å².